The molecule has 3 aliphatic rings. The van der Waals surface area contributed by atoms with Crippen LogP contribution in [0.25, 0.3) is 10.9 Å². The van der Waals surface area contributed by atoms with Gasteiger partial charge in [0.15, 0.2) is 11.7 Å². The molecule has 32 heavy (non-hydrogen) atoms. The van der Waals surface area contributed by atoms with Gasteiger partial charge in [-0.3, -0.25) is 9.59 Å². The van der Waals surface area contributed by atoms with E-state index in [4.69, 9.17) is 15.3 Å². The maximum atomic E-state index is 15.3. The molecule has 5 rings (SSSR count). The van der Waals surface area contributed by atoms with Crippen LogP contribution in [0.3, 0.4) is 0 Å². The molecule has 170 valence electrons. The summed E-state index contributed by atoms with van der Waals surface area (Å²) in [4.78, 5) is 31.7. The minimum atomic E-state index is -0.853. The lowest BCUT2D eigenvalue weighted by Gasteiger charge is -2.22. The van der Waals surface area contributed by atoms with E-state index in [1.807, 2.05) is 4.90 Å². The first-order valence-corrected chi connectivity index (χ1v) is 11.3. The van der Waals surface area contributed by atoms with Crippen LogP contribution in [-0.4, -0.2) is 43.0 Å². The summed E-state index contributed by atoms with van der Waals surface area (Å²) in [6.07, 6.45) is 1.09. The number of hydrogen-bond acceptors (Lipinski definition) is 9. The number of ether oxygens (including phenoxy) is 1. The van der Waals surface area contributed by atoms with E-state index < -0.39 is 18.0 Å². The second kappa shape index (κ2) is 8.05. The molecule has 0 radical (unpaired) electrons. The average Bonchev–Trinajstić information content (AvgIpc) is 3.38. The number of rotatable bonds is 5. The van der Waals surface area contributed by atoms with Crippen LogP contribution < -0.4 is 20.8 Å². The van der Waals surface area contributed by atoms with Crippen molar-refractivity contribution in [2.75, 3.05) is 31.6 Å². The van der Waals surface area contributed by atoms with Gasteiger partial charge in [-0.05, 0) is 36.9 Å². The molecule has 1 aromatic carbocycles. The Kier molecular flexibility index (Phi) is 5.34. The predicted octanol–water partition coefficient (Wildman–Crippen LogP) is 2.04. The molecule has 1 saturated carbocycles. The number of pyridine rings is 1. The molecule has 3 heterocycles. The molecular weight excluding hydrogens is 437 g/mol. The highest BCUT2D eigenvalue weighted by Crippen LogP contribution is 2.45. The van der Waals surface area contributed by atoms with E-state index in [1.54, 1.807) is 6.07 Å². The summed E-state index contributed by atoms with van der Waals surface area (Å²) in [5, 5.41) is 5.05. The second-order valence-corrected chi connectivity index (χ2v) is 9.08. The van der Waals surface area contributed by atoms with Crippen LogP contribution in [0.15, 0.2) is 27.1 Å². The van der Waals surface area contributed by atoms with Gasteiger partial charge in [0.2, 0.25) is 0 Å². The highest BCUT2D eigenvalue weighted by atomic mass is 32.2. The minimum absolute atomic E-state index is 0.0278. The number of anilines is 1. The van der Waals surface area contributed by atoms with Crippen LogP contribution in [0.5, 0.6) is 0 Å². The molecule has 11 heteroatoms. The maximum Gasteiger partial charge on any atom is 0.304 e. The molecule has 1 aromatic heterocycles. The highest BCUT2D eigenvalue weighted by molar-refractivity contribution is 7.97. The molecule has 2 atom stereocenters. The van der Waals surface area contributed by atoms with Gasteiger partial charge >= 0.3 is 5.97 Å². The molecule has 0 spiro atoms. The summed E-state index contributed by atoms with van der Waals surface area (Å²) in [5.74, 6) is -1.01. The van der Waals surface area contributed by atoms with Crippen molar-refractivity contribution in [2.45, 2.75) is 37.1 Å². The Morgan fingerprint density at radius 2 is 2.19 bits per heavy atom. The summed E-state index contributed by atoms with van der Waals surface area (Å²) in [7, 11) is 1.48. The Morgan fingerprint density at radius 1 is 1.41 bits per heavy atom. The number of aromatic nitrogens is 1. The summed E-state index contributed by atoms with van der Waals surface area (Å²) in [6.45, 7) is 2.60. The fraction of sp³-hybridized carbons (Fsp3) is 0.476. The van der Waals surface area contributed by atoms with Crippen LogP contribution in [0.4, 0.5) is 10.1 Å². The minimum Gasteiger partial charge on any atom is -0.441 e. The third-order valence-electron chi connectivity index (χ3n) is 6.08. The van der Waals surface area contributed by atoms with Crippen molar-refractivity contribution in [1.82, 2.24) is 9.29 Å². The van der Waals surface area contributed by atoms with E-state index in [0.717, 1.165) is 23.6 Å². The van der Waals surface area contributed by atoms with Crippen molar-refractivity contribution in [3.8, 4) is 0 Å². The number of fused-ring (bicyclic) bond motifs is 2. The number of nitrogens with zero attached hydrogens (tertiary/aromatic N) is 3. The number of hydrogen-bond donors (Lipinski definition) is 2. The summed E-state index contributed by atoms with van der Waals surface area (Å²) >= 11 is 1.27. The van der Waals surface area contributed by atoms with E-state index in [-0.39, 0.29) is 22.8 Å². The largest absolute Gasteiger partial charge is 0.441 e. The van der Waals surface area contributed by atoms with E-state index in [1.165, 1.54) is 32.0 Å². The van der Waals surface area contributed by atoms with Gasteiger partial charge in [-0.25, -0.2) is 9.11 Å². The maximum absolute atomic E-state index is 15.3. The van der Waals surface area contributed by atoms with Gasteiger partial charge < -0.3 is 24.8 Å². The first kappa shape index (κ1) is 21.2. The lowest BCUT2D eigenvalue weighted by Crippen LogP contribution is -2.25. The Bertz CT molecular complexity index is 1200. The number of carbonyl (C=O) groups excluding carboxylic acids is 1. The zero-order valence-electron chi connectivity index (χ0n) is 17.8. The molecule has 0 bridgehead atoms. The molecule has 0 amide bonds. The number of carbonyl (C=O) groups is 1. The number of benzene rings is 1. The number of esters is 1. The topological polar surface area (TPSA) is 111 Å². The average molecular weight is 462 g/mol. The summed E-state index contributed by atoms with van der Waals surface area (Å²) < 4.78 is 25.7. The Labute approximate surface area is 187 Å². The first-order valence-electron chi connectivity index (χ1n) is 10.5. The lowest BCUT2D eigenvalue weighted by atomic mass is 10.1. The second-order valence-electron chi connectivity index (χ2n) is 8.26. The van der Waals surface area contributed by atoms with Gasteiger partial charge in [0.1, 0.15) is 18.0 Å². The van der Waals surface area contributed by atoms with Crippen LogP contribution in [0.1, 0.15) is 37.6 Å². The lowest BCUT2D eigenvalue weighted by molar-refractivity contribution is -0.147. The molecule has 1 saturated heterocycles. The number of halogens is 1. The van der Waals surface area contributed by atoms with Gasteiger partial charge in [-0.2, -0.15) is 0 Å². The van der Waals surface area contributed by atoms with Crippen LogP contribution in [-0.2, 0) is 14.4 Å². The van der Waals surface area contributed by atoms with E-state index >= 15 is 4.39 Å². The van der Waals surface area contributed by atoms with Gasteiger partial charge in [0, 0.05) is 37.4 Å². The van der Waals surface area contributed by atoms with Crippen molar-refractivity contribution in [1.29, 1.82) is 0 Å². The summed E-state index contributed by atoms with van der Waals surface area (Å²) in [6, 6.07) is 3.26. The molecule has 2 fully saturated rings. The molecule has 2 aliphatic heterocycles. The number of nitrogens with two attached hydrogens (primary N) is 1. The van der Waals surface area contributed by atoms with E-state index in [0.29, 0.717) is 36.4 Å². The van der Waals surface area contributed by atoms with Crippen LogP contribution in [0, 0.1) is 11.7 Å². The zero-order chi connectivity index (χ0) is 22.6. The molecular formula is C21H24FN5O4S. The quantitative estimate of drug-likeness (QED) is 0.395. The van der Waals surface area contributed by atoms with Gasteiger partial charge in [-0.1, -0.05) is 5.16 Å². The Balaban J connectivity index is 1.66. The van der Waals surface area contributed by atoms with Crippen molar-refractivity contribution < 1.29 is 18.8 Å². The Morgan fingerprint density at radius 3 is 2.84 bits per heavy atom. The van der Waals surface area contributed by atoms with Gasteiger partial charge in [0.25, 0.3) is 0 Å². The normalized spacial score (nSPS) is 23.8. The van der Waals surface area contributed by atoms with Crippen molar-refractivity contribution in [3.05, 3.63) is 33.7 Å². The smallest absolute Gasteiger partial charge is 0.304 e. The SMILES string of the molecule is CO/N=C1\CN(c2cc3c(cc2F)c(=O)c2c(n3C3CC3)SNC2OC(C)=O)CC1CN. The third kappa shape index (κ3) is 3.44. The third-order valence-corrected chi connectivity index (χ3v) is 7.02. The van der Waals surface area contributed by atoms with Crippen molar-refractivity contribution >= 4 is 40.2 Å². The monoisotopic (exact) mass is 461 g/mol. The standard InChI is InChI=1S/C21H24FN5O4S/c1-10(28)31-20-18-19(29)13-5-14(22)17(26-8-11(7-23)15(9-26)24-30-2)6-16(13)27(12-3-4-12)21(18)32-25-20/h5-6,11-12,20,25H,3-4,7-9,23H2,1-2H3/b24-15+. The highest BCUT2D eigenvalue weighted by Gasteiger charge is 2.38. The predicted molar refractivity (Wildman–Crippen MR) is 119 cm³/mol. The summed E-state index contributed by atoms with van der Waals surface area (Å²) in [5.41, 5.74) is 7.75. The van der Waals surface area contributed by atoms with E-state index in [9.17, 15) is 9.59 Å². The van der Waals surface area contributed by atoms with Crippen molar-refractivity contribution in [2.24, 2.45) is 16.8 Å². The fourth-order valence-electron chi connectivity index (χ4n) is 4.48. The fourth-order valence-corrected chi connectivity index (χ4v) is 5.52. The van der Waals surface area contributed by atoms with Crippen LogP contribution >= 0.6 is 11.9 Å². The number of nitrogens with one attached hydrogen (secondary N) is 1. The van der Waals surface area contributed by atoms with Gasteiger partial charge in [-0.15, -0.1) is 0 Å². The van der Waals surface area contributed by atoms with Gasteiger partial charge in [0.05, 0.1) is 29.0 Å². The molecule has 3 N–H and O–H groups in total. The van der Waals surface area contributed by atoms with E-state index in [2.05, 4.69) is 14.4 Å². The first-order chi connectivity index (χ1) is 15.4. The molecule has 2 aromatic rings. The zero-order valence-corrected chi connectivity index (χ0v) is 18.6. The molecule has 1 aliphatic carbocycles. The Hall–Kier alpha value is -2.63. The molecule has 9 nitrogen and oxygen atoms in total. The van der Waals surface area contributed by atoms with Crippen LogP contribution in [0.2, 0.25) is 0 Å². The molecule has 2 unspecified atom stereocenters. The van der Waals surface area contributed by atoms with Crippen molar-refractivity contribution in [3.63, 3.8) is 0 Å². The number of oxime groups is 1.